The minimum Gasteiger partial charge on any atom is -1.00 e. The second kappa shape index (κ2) is 7.48. The molecule has 0 nitrogen and oxygen atoms in total. The molecule has 0 fully saturated rings. The summed E-state index contributed by atoms with van der Waals surface area (Å²) >= 11 is -0.0647. The van der Waals surface area contributed by atoms with Crippen LogP contribution in [0.2, 0.25) is 16.7 Å². The standard InChI is InChI=1S/C9H11.C2H6Si.2ClH.Zr/c1-2-5-9-7-3-6-8(9)4-1;1-3-2;;;/h3,6-7H,1-2,4-5H2;1-2H3;2*1H;/q;;;;+2/p-2. The fourth-order valence-corrected chi connectivity index (χ4v) is 10.8. The SMILES string of the molecule is C[Si](C)=[Zr+2][CH]1C=CC2=C1CCCC2.[Cl-].[Cl-]. The van der Waals surface area contributed by atoms with Gasteiger partial charge in [-0.05, 0) is 0 Å². The zero-order chi connectivity index (χ0) is 9.26. The molecule has 0 aromatic rings. The molecule has 0 amide bonds. The summed E-state index contributed by atoms with van der Waals surface area (Å²) in [5.74, 6) is 0. The van der Waals surface area contributed by atoms with Crippen LogP contribution in [-0.4, -0.2) is 5.43 Å². The van der Waals surface area contributed by atoms with Gasteiger partial charge in [0.15, 0.2) is 0 Å². The van der Waals surface area contributed by atoms with Crippen LogP contribution in [-0.2, 0) is 21.9 Å². The maximum atomic E-state index is 2.54. The molecule has 1 unspecified atom stereocenters. The van der Waals surface area contributed by atoms with Crippen LogP contribution in [0.3, 0.4) is 0 Å². The van der Waals surface area contributed by atoms with Crippen molar-refractivity contribution in [3.8, 4) is 0 Å². The van der Waals surface area contributed by atoms with Crippen molar-refractivity contribution in [1.29, 1.82) is 0 Å². The van der Waals surface area contributed by atoms with Gasteiger partial charge in [0, 0.05) is 0 Å². The fourth-order valence-electron chi connectivity index (χ4n) is 2.27. The zero-order valence-electron chi connectivity index (χ0n) is 9.32. The molecule has 0 spiro atoms. The molecule has 0 bridgehead atoms. The Morgan fingerprint density at radius 1 is 1.20 bits per heavy atom. The minimum absolute atomic E-state index is 0. The molecule has 0 radical (unpaired) electrons. The average molecular weight is 339 g/mol. The van der Waals surface area contributed by atoms with Crippen LogP contribution in [0.25, 0.3) is 0 Å². The van der Waals surface area contributed by atoms with Gasteiger partial charge in [-0.2, -0.15) is 0 Å². The van der Waals surface area contributed by atoms with Gasteiger partial charge in [-0.25, -0.2) is 0 Å². The average Bonchev–Trinajstić information content (AvgIpc) is 2.48. The summed E-state index contributed by atoms with van der Waals surface area (Å²) in [7, 11) is 0. The van der Waals surface area contributed by atoms with Crippen LogP contribution in [0.1, 0.15) is 25.7 Å². The second-order valence-electron chi connectivity index (χ2n) is 4.24. The van der Waals surface area contributed by atoms with Crippen LogP contribution >= 0.6 is 0 Å². The molecule has 2 rings (SSSR count). The van der Waals surface area contributed by atoms with E-state index in [2.05, 4.69) is 25.2 Å². The first-order valence-electron chi connectivity index (χ1n) is 5.24. The quantitative estimate of drug-likeness (QED) is 0.466. The van der Waals surface area contributed by atoms with Crippen LogP contribution in [0.5, 0.6) is 0 Å². The summed E-state index contributed by atoms with van der Waals surface area (Å²) in [6.07, 6.45) is 10.7. The van der Waals surface area contributed by atoms with Gasteiger partial charge in [0.05, 0.1) is 0 Å². The van der Waals surface area contributed by atoms with E-state index in [9.17, 15) is 0 Å². The third kappa shape index (κ3) is 4.15. The molecule has 4 heteroatoms. The van der Waals surface area contributed by atoms with Crippen LogP contribution in [0.15, 0.2) is 23.3 Å². The second-order valence-corrected chi connectivity index (χ2v) is 17.6. The Labute approximate surface area is 117 Å². The summed E-state index contributed by atoms with van der Waals surface area (Å²) in [4.78, 5) is 0. The largest absolute Gasteiger partial charge is 1.00 e. The summed E-state index contributed by atoms with van der Waals surface area (Å²) in [6.45, 7) is 5.01. The van der Waals surface area contributed by atoms with Gasteiger partial charge < -0.3 is 24.8 Å². The van der Waals surface area contributed by atoms with Crippen molar-refractivity contribution in [2.75, 3.05) is 0 Å². The first kappa shape index (κ1) is 16.2. The Morgan fingerprint density at radius 2 is 1.87 bits per heavy atom. The van der Waals surface area contributed by atoms with Crippen molar-refractivity contribution >= 4 is 5.43 Å². The molecule has 0 N–H and O–H groups in total. The van der Waals surface area contributed by atoms with E-state index >= 15 is 0 Å². The maximum Gasteiger partial charge on any atom is -1.00 e. The van der Waals surface area contributed by atoms with Crippen molar-refractivity contribution in [1.82, 2.24) is 0 Å². The van der Waals surface area contributed by atoms with E-state index in [-0.39, 0.29) is 52.1 Å². The Kier molecular flexibility index (Phi) is 8.06. The topological polar surface area (TPSA) is 0 Å². The predicted molar refractivity (Wildman–Crippen MR) is 55.9 cm³/mol. The van der Waals surface area contributed by atoms with Gasteiger partial charge in [-0.3, -0.25) is 0 Å². The zero-order valence-corrected chi connectivity index (χ0v) is 14.3. The van der Waals surface area contributed by atoms with Crippen LogP contribution in [0, 0.1) is 0 Å². The first-order valence-corrected chi connectivity index (χ1v) is 12.8. The van der Waals surface area contributed by atoms with Gasteiger partial charge in [-0.1, -0.05) is 0 Å². The Bertz CT molecular complexity index is 304. The van der Waals surface area contributed by atoms with E-state index in [1.807, 2.05) is 5.57 Å². The van der Waals surface area contributed by atoms with Gasteiger partial charge in [0.1, 0.15) is 0 Å². The molecule has 0 aliphatic heterocycles. The molecule has 0 saturated carbocycles. The van der Waals surface area contributed by atoms with E-state index < -0.39 is 0 Å². The number of hydrogen-bond donors (Lipinski definition) is 0. The molecular formula is C11H17Cl2SiZr. The van der Waals surface area contributed by atoms with Gasteiger partial charge in [0.2, 0.25) is 0 Å². The van der Waals surface area contributed by atoms with E-state index in [1.54, 1.807) is 5.57 Å². The van der Waals surface area contributed by atoms with Crippen LogP contribution in [0.4, 0.5) is 0 Å². The Morgan fingerprint density at radius 3 is 2.53 bits per heavy atom. The fraction of sp³-hybridized carbons (Fsp3) is 0.636. The number of halogens is 2. The molecule has 83 valence electrons. The van der Waals surface area contributed by atoms with Crippen molar-refractivity contribution in [3.05, 3.63) is 23.3 Å². The third-order valence-electron chi connectivity index (χ3n) is 2.86. The predicted octanol–water partition coefficient (Wildman–Crippen LogP) is -2.44. The Balaban J connectivity index is 0.000000980. The van der Waals surface area contributed by atoms with Gasteiger partial charge in [0.25, 0.3) is 0 Å². The number of rotatable bonds is 1. The van der Waals surface area contributed by atoms with Crippen LogP contribution < -0.4 is 24.8 Å². The minimum atomic E-state index is -0.0647. The monoisotopic (exact) mass is 337 g/mol. The molecule has 0 aromatic carbocycles. The molecule has 1 atom stereocenters. The molecule has 0 saturated heterocycles. The summed E-state index contributed by atoms with van der Waals surface area (Å²) in [5, 5.41) is 0. The molecule has 0 aromatic heterocycles. The number of hydrogen-bond acceptors (Lipinski definition) is 0. The van der Waals surface area contributed by atoms with Gasteiger partial charge >= 0.3 is 93.0 Å². The normalized spacial score (nSPS) is 22.4. The third-order valence-corrected chi connectivity index (χ3v) is 11.6. The van der Waals surface area contributed by atoms with Crippen molar-refractivity contribution in [2.45, 2.75) is 42.4 Å². The molecule has 0 heterocycles. The molecule has 2 aliphatic carbocycles. The van der Waals surface area contributed by atoms with Crippen molar-refractivity contribution in [2.24, 2.45) is 0 Å². The smallest absolute Gasteiger partial charge is 1.00 e. The maximum absolute atomic E-state index is 2.54. The van der Waals surface area contributed by atoms with Crippen molar-refractivity contribution < 1.29 is 46.7 Å². The molecule has 15 heavy (non-hydrogen) atoms. The summed E-state index contributed by atoms with van der Waals surface area (Å²) in [5.41, 5.74) is 3.73. The first-order chi connectivity index (χ1) is 6.27. The van der Waals surface area contributed by atoms with E-state index in [4.69, 9.17) is 0 Å². The van der Waals surface area contributed by atoms with Crippen molar-refractivity contribution in [3.63, 3.8) is 0 Å². The molecule has 2 aliphatic rings. The van der Waals surface area contributed by atoms with E-state index in [0.29, 0.717) is 0 Å². The van der Waals surface area contributed by atoms with Gasteiger partial charge in [-0.15, -0.1) is 0 Å². The molecular weight excluding hydrogens is 322 g/mol. The summed E-state index contributed by atoms with van der Waals surface area (Å²) in [6, 6.07) is 0. The number of allylic oxidation sites excluding steroid dienone is 4. The summed E-state index contributed by atoms with van der Waals surface area (Å²) < 4.78 is 1.02. The Hall–Kier alpha value is 1.16. The van der Waals surface area contributed by atoms with E-state index in [0.717, 1.165) is 3.63 Å². The van der Waals surface area contributed by atoms with E-state index in [1.165, 1.54) is 25.7 Å².